The number of hydrogen-bond donors (Lipinski definition) is 1. The van der Waals surface area contributed by atoms with E-state index in [0.717, 1.165) is 5.56 Å². The molecule has 110 valence electrons. The van der Waals surface area contributed by atoms with Gasteiger partial charge in [-0.25, -0.2) is 4.39 Å². The monoisotopic (exact) mass is 286 g/mol. The van der Waals surface area contributed by atoms with Crippen LogP contribution in [0.3, 0.4) is 0 Å². The van der Waals surface area contributed by atoms with Crippen molar-refractivity contribution in [1.29, 1.82) is 0 Å². The van der Waals surface area contributed by atoms with Crippen LogP contribution in [-0.4, -0.2) is 12.2 Å². The first-order chi connectivity index (χ1) is 10.2. The molecule has 3 rings (SSSR count). The van der Waals surface area contributed by atoms with E-state index >= 15 is 0 Å². The molecule has 1 aliphatic rings. The second-order valence-electron chi connectivity index (χ2n) is 5.59. The van der Waals surface area contributed by atoms with Gasteiger partial charge >= 0.3 is 0 Å². The van der Waals surface area contributed by atoms with Crippen molar-refractivity contribution in [2.45, 2.75) is 31.3 Å². The quantitative estimate of drug-likeness (QED) is 0.913. The lowest BCUT2D eigenvalue weighted by Crippen LogP contribution is -2.09. The predicted octanol–water partition coefficient (Wildman–Crippen LogP) is 4.18. The summed E-state index contributed by atoms with van der Waals surface area (Å²) in [5.41, 5.74) is 2.76. The highest BCUT2D eigenvalue weighted by Gasteiger charge is 2.21. The van der Waals surface area contributed by atoms with Gasteiger partial charge in [-0.05, 0) is 47.6 Å². The van der Waals surface area contributed by atoms with Crippen molar-refractivity contribution < 1.29 is 14.2 Å². The summed E-state index contributed by atoms with van der Waals surface area (Å²) in [4.78, 5) is 0. The molecule has 1 unspecified atom stereocenters. The lowest BCUT2D eigenvalue weighted by atomic mass is 9.79. The van der Waals surface area contributed by atoms with E-state index in [0.29, 0.717) is 11.5 Å². The third kappa shape index (κ3) is 2.79. The van der Waals surface area contributed by atoms with Crippen LogP contribution in [-0.2, 0) is 0 Å². The first-order valence-electron chi connectivity index (χ1n) is 7.30. The summed E-state index contributed by atoms with van der Waals surface area (Å²) in [7, 11) is 1.42. The Balaban J connectivity index is 1.89. The lowest BCUT2D eigenvalue weighted by Gasteiger charge is -2.26. The van der Waals surface area contributed by atoms with Gasteiger partial charge in [0.05, 0.1) is 7.11 Å². The molecule has 21 heavy (non-hydrogen) atoms. The Morgan fingerprint density at radius 2 is 1.90 bits per heavy atom. The molecule has 1 saturated carbocycles. The summed E-state index contributed by atoms with van der Waals surface area (Å²) >= 11 is 0. The molecule has 1 aliphatic carbocycles. The average Bonchev–Trinajstić information content (AvgIpc) is 2.45. The third-order valence-corrected chi connectivity index (χ3v) is 4.29. The van der Waals surface area contributed by atoms with Crippen molar-refractivity contribution in [3.8, 4) is 5.75 Å². The molecule has 2 aromatic rings. The zero-order valence-electron chi connectivity index (χ0n) is 12.1. The number of halogens is 1. The fourth-order valence-electron chi connectivity index (χ4n) is 2.76. The van der Waals surface area contributed by atoms with E-state index in [2.05, 4.69) is 12.1 Å². The molecule has 1 N–H and O–H groups in total. The standard InChI is InChI=1S/C18H19FO2/c1-21-17-11-15(8-9-16(17)19)18(20)14-7-3-6-13(10-14)12-4-2-5-12/h3,6-12,18,20H,2,4-5H2,1H3. The SMILES string of the molecule is COc1cc(C(O)c2cccc(C3CCC3)c2)ccc1F. The van der Waals surface area contributed by atoms with Gasteiger partial charge in [0.2, 0.25) is 0 Å². The zero-order chi connectivity index (χ0) is 14.8. The highest BCUT2D eigenvalue weighted by molar-refractivity contribution is 5.38. The molecular formula is C18H19FO2. The van der Waals surface area contributed by atoms with Gasteiger partial charge in [0.1, 0.15) is 6.10 Å². The summed E-state index contributed by atoms with van der Waals surface area (Å²) in [6.07, 6.45) is 2.97. The first kappa shape index (κ1) is 14.1. The number of rotatable bonds is 4. The van der Waals surface area contributed by atoms with Crippen LogP contribution in [0.1, 0.15) is 48.0 Å². The molecule has 2 aromatic carbocycles. The Kier molecular flexibility index (Phi) is 3.93. The summed E-state index contributed by atoms with van der Waals surface area (Å²) in [6, 6.07) is 12.5. The molecule has 0 amide bonds. The van der Waals surface area contributed by atoms with Gasteiger partial charge < -0.3 is 9.84 Å². The summed E-state index contributed by atoms with van der Waals surface area (Å²) in [6.45, 7) is 0. The second kappa shape index (κ2) is 5.86. The average molecular weight is 286 g/mol. The van der Waals surface area contributed by atoms with E-state index in [4.69, 9.17) is 4.74 Å². The van der Waals surface area contributed by atoms with Crippen LogP contribution < -0.4 is 4.74 Å². The van der Waals surface area contributed by atoms with Crippen LogP contribution in [0.4, 0.5) is 4.39 Å². The van der Waals surface area contributed by atoms with Crippen LogP contribution in [0.15, 0.2) is 42.5 Å². The minimum Gasteiger partial charge on any atom is -0.494 e. The smallest absolute Gasteiger partial charge is 0.165 e. The Labute approximate surface area is 124 Å². The van der Waals surface area contributed by atoms with Gasteiger partial charge in [-0.3, -0.25) is 0 Å². The number of methoxy groups -OCH3 is 1. The molecule has 0 radical (unpaired) electrons. The van der Waals surface area contributed by atoms with Crippen molar-refractivity contribution in [1.82, 2.24) is 0 Å². The van der Waals surface area contributed by atoms with Crippen molar-refractivity contribution in [3.05, 3.63) is 65.0 Å². The molecule has 0 aromatic heterocycles. The maximum absolute atomic E-state index is 13.5. The largest absolute Gasteiger partial charge is 0.494 e. The van der Waals surface area contributed by atoms with E-state index in [1.807, 2.05) is 12.1 Å². The van der Waals surface area contributed by atoms with E-state index in [9.17, 15) is 9.50 Å². The van der Waals surface area contributed by atoms with Crippen molar-refractivity contribution >= 4 is 0 Å². The van der Waals surface area contributed by atoms with Crippen LogP contribution in [0, 0.1) is 5.82 Å². The summed E-state index contributed by atoms with van der Waals surface area (Å²) in [5.74, 6) is 0.360. The van der Waals surface area contributed by atoms with Crippen molar-refractivity contribution in [2.24, 2.45) is 0 Å². The molecule has 1 atom stereocenters. The summed E-state index contributed by atoms with van der Waals surface area (Å²) in [5, 5.41) is 10.5. The topological polar surface area (TPSA) is 29.5 Å². The fourth-order valence-corrected chi connectivity index (χ4v) is 2.76. The Morgan fingerprint density at radius 3 is 2.57 bits per heavy atom. The van der Waals surface area contributed by atoms with Crippen LogP contribution >= 0.6 is 0 Å². The molecule has 2 nitrogen and oxygen atoms in total. The molecule has 1 fully saturated rings. The molecule has 0 saturated heterocycles. The van der Waals surface area contributed by atoms with E-state index in [-0.39, 0.29) is 5.75 Å². The Bertz CT molecular complexity index is 635. The van der Waals surface area contributed by atoms with Gasteiger partial charge in [-0.1, -0.05) is 36.8 Å². The van der Waals surface area contributed by atoms with E-state index in [1.165, 1.54) is 38.0 Å². The van der Waals surface area contributed by atoms with Crippen molar-refractivity contribution in [2.75, 3.05) is 7.11 Å². The van der Waals surface area contributed by atoms with Gasteiger partial charge in [0.25, 0.3) is 0 Å². The zero-order valence-corrected chi connectivity index (χ0v) is 12.1. The van der Waals surface area contributed by atoms with Crippen LogP contribution in [0.5, 0.6) is 5.75 Å². The Hall–Kier alpha value is -1.87. The molecule has 0 heterocycles. The normalized spacial score (nSPS) is 16.3. The van der Waals surface area contributed by atoms with Crippen molar-refractivity contribution in [3.63, 3.8) is 0 Å². The van der Waals surface area contributed by atoms with Gasteiger partial charge in [0.15, 0.2) is 11.6 Å². The van der Waals surface area contributed by atoms with E-state index in [1.54, 1.807) is 12.1 Å². The second-order valence-corrected chi connectivity index (χ2v) is 5.59. The summed E-state index contributed by atoms with van der Waals surface area (Å²) < 4.78 is 18.4. The first-order valence-corrected chi connectivity index (χ1v) is 7.30. The molecule has 3 heteroatoms. The van der Waals surface area contributed by atoms with Gasteiger partial charge in [0, 0.05) is 0 Å². The fraction of sp³-hybridized carbons (Fsp3) is 0.333. The van der Waals surface area contributed by atoms with E-state index < -0.39 is 11.9 Å². The maximum atomic E-state index is 13.5. The molecular weight excluding hydrogens is 267 g/mol. The minimum atomic E-state index is -0.764. The number of aliphatic hydroxyl groups is 1. The number of aliphatic hydroxyl groups excluding tert-OH is 1. The number of benzene rings is 2. The number of hydrogen-bond acceptors (Lipinski definition) is 2. The van der Waals surface area contributed by atoms with Crippen LogP contribution in [0.2, 0.25) is 0 Å². The van der Waals surface area contributed by atoms with Gasteiger partial charge in [-0.15, -0.1) is 0 Å². The Morgan fingerprint density at radius 1 is 1.14 bits per heavy atom. The van der Waals surface area contributed by atoms with Gasteiger partial charge in [-0.2, -0.15) is 0 Å². The molecule has 0 bridgehead atoms. The minimum absolute atomic E-state index is 0.154. The third-order valence-electron chi connectivity index (χ3n) is 4.29. The predicted molar refractivity (Wildman–Crippen MR) is 80.0 cm³/mol. The lowest BCUT2D eigenvalue weighted by molar-refractivity contribution is 0.219. The van der Waals surface area contributed by atoms with Crippen LogP contribution in [0.25, 0.3) is 0 Å². The number of ether oxygens (including phenoxy) is 1. The maximum Gasteiger partial charge on any atom is 0.165 e. The highest BCUT2D eigenvalue weighted by Crippen LogP contribution is 2.37. The highest BCUT2D eigenvalue weighted by atomic mass is 19.1. The molecule has 0 spiro atoms. The molecule has 0 aliphatic heterocycles.